The van der Waals surface area contributed by atoms with Gasteiger partial charge in [-0.2, -0.15) is 0 Å². The molecule has 7 heavy (non-hydrogen) atoms. The monoisotopic (exact) mass is 124 g/mol. The first-order valence-electron chi connectivity index (χ1n) is 1.63. The van der Waals surface area contributed by atoms with Crippen molar-refractivity contribution in [2.75, 3.05) is 13.2 Å². The number of rotatable bonds is 4. The van der Waals surface area contributed by atoms with Crippen molar-refractivity contribution in [1.82, 2.24) is 0 Å². The average molecular weight is 124 g/mol. The molecule has 0 aliphatic rings. The van der Waals surface area contributed by atoms with Gasteiger partial charge in [0.05, 0.1) is 6.61 Å². The van der Waals surface area contributed by atoms with Gasteiger partial charge >= 0.3 is 8.69 Å². The van der Waals surface area contributed by atoms with Gasteiger partial charge in [-0.3, -0.25) is 9.78 Å². The van der Waals surface area contributed by atoms with Gasteiger partial charge in [-0.25, -0.2) is 9.45 Å². The third kappa shape index (κ3) is 5.98. The van der Waals surface area contributed by atoms with Crippen LogP contribution in [-0.2, 0) is 14.0 Å². The van der Waals surface area contributed by atoms with E-state index in [0.29, 0.717) is 0 Å². The van der Waals surface area contributed by atoms with E-state index in [1.807, 2.05) is 0 Å². The van der Waals surface area contributed by atoms with Gasteiger partial charge in [0.1, 0.15) is 6.61 Å². The zero-order valence-corrected chi connectivity index (χ0v) is 4.43. The Labute approximate surface area is 42.3 Å². The molecule has 0 heterocycles. The van der Waals surface area contributed by atoms with Gasteiger partial charge in [-0.1, -0.05) is 0 Å². The molecule has 0 saturated heterocycles. The van der Waals surface area contributed by atoms with Gasteiger partial charge < -0.3 is 0 Å². The lowest BCUT2D eigenvalue weighted by Gasteiger charge is -1.87. The van der Waals surface area contributed by atoms with Crippen LogP contribution in [0.15, 0.2) is 0 Å². The first-order valence-corrected chi connectivity index (χ1v) is 2.36. The van der Waals surface area contributed by atoms with Crippen LogP contribution in [0.1, 0.15) is 0 Å². The molecule has 0 aliphatic heterocycles. The van der Waals surface area contributed by atoms with Crippen LogP contribution < -0.4 is 0 Å². The summed E-state index contributed by atoms with van der Waals surface area (Å²) in [6, 6.07) is 0. The van der Waals surface area contributed by atoms with Crippen molar-refractivity contribution in [1.29, 1.82) is 0 Å². The van der Waals surface area contributed by atoms with Crippen LogP contribution in [0.2, 0.25) is 0 Å². The molecule has 0 spiro atoms. The van der Waals surface area contributed by atoms with Gasteiger partial charge in [0.25, 0.3) is 0 Å². The van der Waals surface area contributed by atoms with E-state index < -0.39 is 0 Å². The molecule has 0 unspecified atom stereocenters. The summed E-state index contributed by atoms with van der Waals surface area (Å²) in [5, 5.41) is 7.61. The third-order valence-electron chi connectivity index (χ3n) is 0.319. The molecule has 0 amide bonds. The predicted molar refractivity (Wildman–Crippen MR) is 22.1 cm³/mol. The quantitative estimate of drug-likeness (QED) is 0.259. The van der Waals surface area contributed by atoms with Crippen LogP contribution >= 0.6 is 8.69 Å². The van der Waals surface area contributed by atoms with Crippen LogP contribution in [0.25, 0.3) is 0 Å². The lowest BCUT2D eigenvalue weighted by molar-refractivity contribution is -0.245. The highest BCUT2D eigenvalue weighted by atomic mass is 31.1. The van der Waals surface area contributed by atoms with Crippen LogP contribution in [0.5, 0.6) is 0 Å². The molecule has 0 aromatic rings. The Morgan fingerprint density at radius 1 is 1.57 bits per heavy atom. The summed E-state index contributed by atoms with van der Waals surface area (Å²) in [5.41, 5.74) is 0. The van der Waals surface area contributed by atoms with Crippen molar-refractivity contribution in [3.05, 3.63) is 0 Å². The van der Waals surface area contributed by atoms with E-state index in [-0.39, 0.29) is 21.9 Å². The van der Waals surface area contributed by atoms with Gasteiger partial charge in [0.2, 0.25) is 0 Å². The minimum Gasteiger partial charge on any atom is -0.292 e. The second-order valence-corrected chi connectivity index (χ2v) is 1.15. The summed E-state index contributed by atoms with van der Waals surface area (Å²) in [6.45, 7) is 0.191. The molecule has 0 rings (SSSR count). The van der Waals surface area contributed by atoms with Crippen LogP contribution in [0.4, 0.5) is 0 Å². The Morgan fingerprint density at radius 2 is 2.29 bits per heavy atom. The third-order valence-corrected chi connectivity index (χ3v) is 0.607. The van der Waals surface area contributed by atoms with Crippen molar-refractivity contribution in [3.63, 3.8) is 0 Å². The predicted octanol–water partition coefficient (Wildman–Crippen LogP) is 0.699. The van der Waals surface area contributed by atoms with Crippen molar-refractivity contribution in [2.24, 2.45) is 0 Å². The summed E-state index contributed by atoms with van der Waals surface area (Å²) in [7, 11) is -0.387. The fraction of sp³-hybridized carbons (Fsp3) is 1.00. The minimum absolute atomic E-state index is 0.0508. The maximum absolute atomic E-state index is 9.42. The molecule has 0 aromatic carbocycles. The van der Waals surface area contributed by atoms with E-state index in [1.165, 1.54) is 0 Å². The highest BCUT2D eigenvalue weighted by Gasteiger charge is 1.81. The molecule has 5 heteroatoms. The van der Waals surface area contributed by atoms with Crippen molar-refractivity contribution >= 4 is 8.69 Å². The second-order valence-electron chi connectivity index (χ2n) is 0.741. The molecule has 0 aliphatic carbocycles. The van der Waals surface area contributed by atoms with E-state index in [2.05, 4.69) is 9.41 Å². The van der Waals surface area contributed by atoms with Crippen LogP contribution in [0, 0.1) is 0 Å². The van der Waals surface area contributed by atoms with Gasteiger partial charge in [0.15, 0.2) is 0 Å². The minimum atomic E-state index is -0.387. The van der Waals surface area contributed by atoms with Crippen molar-refractivity contribution in [3.8, 4) is 0 Å². The summed E-state index contributed by atoms with van der Waals surface area (Å²) in [4.78, 5) is 3.58. The van der Waals surface area contributed by atoms with Gasteiger partial charge in [0, 0.05) is 0 Å². The average Bonchev–Trinajstić information content (AvgIpc) is 1.69. The lowest BCUT2D eigenvalue weighted by Crippen LogP contribution is -1.94. The Hall–Kier alpha value is -0.0200. The Morgan fingerprint density at radius 3 is 2.71 bits per heavy atom. The highest BCUT2D eigenvalue weighted by Crippen LogP contribution is 1.90. The van der Waals surface area contributed by atoms with Gasteiger partial charge in [-0.05, 0) is 0 Å². The van der Waals surface area contributed by atoms with E-state index in [1.54, 1.807) is 0 Å². The molecule has 1 N–H and O–H groups in total. The van der Waals surface area contributed by atoms with E-state index >= 15 is 0 Å². The summed E-state index contributed by atoms with van der Waals surface area (Å²) >= 11 is 0. The standard InChI is InChI=1S/C2H5O4P/c3-5-1-2-6-7-4/h3H,1-2H2. The fourth-order valence-corrected chi connectivity index (χ4v) is 0.261. The van der Waals surface area contributed by atoms with Crippen LogP contribution in [0.3, 0.4) is 0 Å². The maximum Gasteiger partial charge on any atom is 0.327 e. The Bertz CT molecular complexity index is 47.0. The molecule has 0 fully saturated rings. The zero-order valence-electron chi connectivity index (χ0n) is 3.53. The topological polar surface area (TPSA) is 55.8 Å². The molecular formula is C2H5O4P. The Kier molecular flexibility index (Phi) is 5.96. The summed E-state index contributed by atoms with van der Waals surface area (Å²) < 4.78 is 13.6. The SMILES string of the molecule is O=POCCOO. The Balaban J connectivity index is 2.56. The molecule has 4 nitrogen and oxygen atoms in total. The normalized spacial score (nSPS) is 9.86. The maximum atomic E-state index is 9.42. The van der Waals surface area contributed by atoms with Crippen LogP contribution in [-0.4, -0.2) is 18.5 Å². The lowest BCUT2D eigenvalue weighted by atomic mass is 10.8. The van der Waals surface area contributed by atoms with Gasteiger partial charge in [-0.15, -0.1) is 0 Å². The largest absolute Gasteiger partial charge is 0.327 e. The van der Waals surface area contributed by atoms with E-state index in [9.17, 15) is 4.57 Å². The molecule has 0 saturated carbocycles. The van der Waals surface area contributed by atoms with E-state index in [0.717, 1.165) is 0 Å². The number of hydrogen-bond donors (Lipinski definition) is 1. The van der Waals surface area contributed by atoms with Crippen molar-refractivity contribution in [2.45, 2.75) is 0 Å². The van der Waals surface area contributed by atoms with Crippen molar-refractivity contribution < 1.29 is 19.2 Å². The smallest absolute Gasteiger partial charge is 0.292 e. The first kappa shape index (κ1) is 6.98. The molecular weight excluding hydrogens is 119 g/mol. The first-order chi connectivity index (χ1) is 3.41. The highest BCUT2D eigenvalue weighted by molar-refractivity contribution is 7.17. The van der Waals surface area contributed by atoms with E-state index in [4.69, 9.17) is 5.26 Å². The fourth-order valence-electron chi connectivity index (χ4n) is 0.112. The summed E-state index contributed by atoms with van der Waals surface area (Å²) in [6.07, 6.45) is 0. The molecule has 0 bridgehead atoms. The molecule has 0 atom stereocenters. The molecule has 42 valence electrons. The number of hydrogen-bond acceptors (Lipinski definition) is 4. The molecule has 0 aromatic heterocycles. The molecule has 0 radical (unpaired) electrons. The zero-order chi connectivity index (χ0) is 5.54. The summed E-state index contributed by atoms with van der Waals surface area (Å²) in [5.74, 6) is 0. The second kappa shape index (κ2) is 5.98.